The lowest BCUT2D eigenvalue weighted by Gasteiger charge is -2.12. The maximum absolute atomic E-state index is 10.6. The van der Waals surface area contributed by atoms with E-state index >= 15 is 0 Å². The van der Waals surface area contributed by atoms with Crippen molar-refractivity contribution < 1.29 is 14.4 Å². The largest absolute Gasteiger partial charge is 0.385 e. The third-order valence-electron chi connectivity index (χ3n) is 2.98. The zero-order valence-electron chi connectivity index (χ0n) is 14.0. The smallest absolute Gasteiger partial charge is 0.269 e. The predicted octanol–water partition coefficient (Wildman–Crippen LogP) is 1.93. The number of nitrogens with zero attached hydrogens (tertiary/aromatic N) is 2. The zero-order chi connectivity index (χ0) is 16.9. The Labute approximate surface area is 159 Å². The molecule has 0 spiro atoms. The van der Waals surface area contributed by atoms with Crippen LogP contribution in [-0.4, -0.2) is 51.4 Å². The zero-order valence-corrected chi connectivity index (χ0v) is 16.3. The van der Waals surface area contributed by atoms with Crippen molar-refractivity contribution in [3.8, 4) is 0 Å². The number of benzene rings is 1. The van der Waals surface area contributed by atoms with Crippen molar-refractivity contribution >= 4 is 35.6 Å². The van der Waals surface area contributed by atoms with Crippen LogP contribution >= 0.6 is 24.0 Å². The molecule has 0 aliphatic carbocycles. The van der Waals surface area contributed by atoms with Gasteiger partial charge in [-0.25, -0.2) is 4.99 Å². The molecule has 0 heterocycles. The van der Waals surface area contributed by atoms with E-state index in [1.54, 1.807) is 26.4 Å². The van der Waals surface area contributed by atoms with E-state index in [1.807, 2.05) is 0 Å². The Morgan fingerprint density at radius 1 is 1.12 bits per heavy atom. The second kappa shape index (κ2) is 13.9. The number of nitro groups is 1. The first-order valence-electron chi connectivity index (χ1n) is 7.40. The third-order valence-corrected chi connectivity index (χ3v) is 2.98. The van der Waals surface area contributed by atoms with Crippen molar-refractivity contribution in [2.24, 2.45) is 4.99 Å². The molecule has 1 aromatic carbocycles. The number of ether oxygens (including phenoxy) is 2. The molecule has 8 nitrogen and oxygen atoms in total. The van der Waals surface area contributed by atoms with Gasteiger partial charge < -0.3 is 20.1 Å². The molecule has 9 heteroatoms. The average molecular weight is 452 g/mol. The van der Waals surface area contributed by atoms with Gasteiger partial charge >= 0.3 is 0 Å². The highest BCUT2D eigenvalue weighted by Crippen LogP contribution is 2.12. The summed E-state index contributed by atoms with van der Waals surface area (Å²) < 4.78 is 10.0. The summed E-state index contributed by atoms with van der Waals surface area (Å²) in [7, 11) is 3.31. The van der Waals surface area contributed by atoms with Crippen LogP contribution < -0.4 is 10.6 Å². The molecule has 2 N–H and O–H groups in total. The second-order valence-corrected chi connectivity index (χ2v) is 4.78. The molecule has 0 bridgehead atoms. The number of nitro benzene ring substituents is 1. The maximum Gasteiger partial charge on any atom is 0.269 e. The van der Waals surface area contributed by atoms with Crippen LogP contribution in [-0.2, 0) is 16.0 Å². The van der Waals surface area contributed by atoms with Gasteiger partial charge in [-0.15, -0.1) is 24.0 Å². The molecule has 0 unspecified atom stereocenters. The van der Waals surface area contributed by atoms with E-state index in [0.29, 0.717) is 32.3 Å². The van der Waals surface area contributed by atoms with Crippen LogP contribution in [0.5, 0.6) is 0 Å². The van der Waals surface area contributed by atoms with Crippen molar-refractivity contribution in [3.05, 3.63) is 39.9 Å². The highest BCUT2D eigenvalue weighted by molar-refractivity contribution is 14.0. The van der Waals surface area contributed by atoms with E-state index in [9.17, 15) is 10.1 Å². The number of non-ortho nitro benzene ring substituents is 1. The minimum Gasteiger partial charge on any atom is -0.385 e. The van der Waals surface area contributed by atoms with E-state index in [2.05, 4.69) is 15.6 Å². The summed E-state index contributed by atoms with van der Waals surface area (Å²) in [5.74, 6) is 0.677. The van der Waals surface area contributed by atoms with Crippen LogP contribution in [0.3, 0.4) is 0 Å². The van der Waals surface area contributed by atoms with Gasteiger partial charge in [0.2, 0.25) is 0 Å². The fourth-order valence-corrected chi connectivity index (χ4v) is 1.76. The third kappa shape index (κ3) is 9.63. The molecule has 0 saturated heterocycles. The number of methoxy groups -OCH3 is 2. The van der Waals surface area contributed by atoms with Crippen LogP contribution in [0, 0.1) is 10.1 Å². The van der Waals surface area contributed by atoms with E-state index < -0.39 is 4.92 Å². The Bertz CT molecular complexity index is 497. The molecule has 1 aromatic rings. The molecule has 0 fully saturated rings. The molecule has 0 atom stereocenters. The van der Waals surface area contributed by atoms with Crippen molar-refractivity contribution in [2.45, 2.75) is 13.0 Å². The minimum absolute atomic E-state index is 0. The number of nitrogens with one attached hydrogen (secondary N) is 2. The Kier molecular flexibility index (Phi) is 13.1. The fraction of sp³-hybridized carbons (Fsp3) is 0.533. The molecule has 24 heavy (non-hydrogen) atoms. The molecular formula is C15H25IN4O4. The summed E-state index contributed by atoms with van der Waals surface area (Å²) in [5.41, 5.74) is 0.981. The molecule has 136 valence electrons. The Hall–Kier alpha value is -1.46. The molecule has 1 rings (SSSR count). The van der Waals surface area contributed by atoms with Gasteiger partial charge in [-0.05, 0) is 12.0 Å². The van der Waals surface area contributed by atoms with Crippen LogP contribution in [0.4, 0.5) is 5.69 Å². The van der Waals surface area contributed by atoms with Crippen molar-refractivity contribution in [1.29, 1.82) is 0 Å². The first-order valence-corrected chi connectivity index (χ1v) is 7.40. The van der Waals surface area contributed by atoms with Gasteiger partial charge in [0.05, 0.1) is 18.1 Å². The standard InChI is InChI=1S/C15H24N4O4.HI/c1-22-10-3-8-16-15(17-9-11-23-2)18-12-13-4-6-14(7-5-13)19(20)21;/h4-7H,3,8-12H2,1-2H3,(H2,16,17,18);1H. The summed E-state index contributed by atoms with van der Waals surface area (Å²) in [4.78, 5) is 14.7. The maximum atomic E-state index is 10.6. The van der Waals surface area contributed by atoms with Crippen LogP contribution in [0.15, 0.2) is 29.3 Å². The number of rotatable bonds is 10. The first kappa shape index (κ1) is 22.5. The highest BCUT2D eigenvalue weighted by Gasteiger charge is 2.04. The summed E-state index contributed by atoms with van der Waals surface area (Å²) in [5, 5.41) is 17.0. The lowest BCUT2D eigenvalue weighted by atomic mass is 10.2. The van der Waals surface area contributed by atoms with Gasteiger partial charge in [0.25, 0.3) is 5.69 Å². The lowest BCUT2D eigenvalue weighted by molar-refractivity contribution is -0.384. The van der Waals surface area contributed by atoms with Crippen LogP contribution in [0.25, 0.3) is 0 Å². The van der Waals surface area contributed by atoms with Crippen molar-refractivity contribution in [2.75, 3.05) is 40.5 Å². The molecular weight excluding hydrogens is 427 g/mol. The summed E-state index contributed by atoms with van der Waals surface area (Å²) in [6.07, 6.45) is 0.874. The van der Waals surface area contributed by atoms with Gasteiger partial charge in [-0.2, -0.15) is 0 Å². The van der Waals surface area contributed by atoms with E-state index in [-0.39, 0.29) is 29.7 Å². The van der Waals surface area contributed by atoms with Crippen LogP contribution in [0.1, 0.15) is 12.0 Å². The Morgan fingerprint density at radius 3 is 2.33 bits per heavy atom. The van der Waals surface area contributed by atoms with Crippen molar-refractivity contribution in [3.63, 3.8) is 0 Å². The summed E-state index contributed by atoms with van der Waals surface area (Å²) in [6.45, 7) is 3.08. The average Bonchev–Trinajstić information content (AvgIpc) is 2.56. The highest BCUT2D eigenvalue weighted by atomic mass is 127. The normalized spacial score (nSPS) is 10.8. The van der Waals surface area contributed by atoms with Gasteiger partial charge in [-0.1, -0.05) is 12.1 Å². The van der Waals surface area contributed by atoms with E-state index in [1.165, 1.54) is 12.1 Å². The van der Waals surface area contributed by atoms with E-state index in [4.69, 9.17) is 9.47 Å². The number of guanidine groups is 1. The molecule has 0 aliphatic rings. The lowest BCUT2D eigenvalue weighted by Crippen LogP contribution is -2.39. The van der Waals surface area contributed by atoms with Crippen LogP contribution in [0.2, 0.25) is 0 Å². The summed E-state index contributed by atoms with van der Waals surface area (Å²) >= 11 is 0. The van der Waals surface area contributed by atoms with E-state index in [0.717, 1.165) is 18.5 Å². The van der Waals surface area contributed by atoms with Gasteiger partial charge in [0.1, 0.15) is 0 Å². The SMILES string of the molecule is COCCCNC(=NCc1ccc([N+](=O)[O-])cc1)NCCOC.I. The topological polar surface area (TPSA) is 98.0 Å². The monoisotopic (exact) mass is 452 g/mol. The number of hydrogen-bond acceptors (Lipinski definition) is 5. The molecule has 0 aliphatic heterocycles. The molecule has 0 saturated carbocycles. The molecule has 0 amide bonds. The molecule has 0 aromatic heterocycles. The number of aliphatic imine (C=N–C) groups is 1. The minimum atomic E-state index is -0.415. The second-order valence-electron chi connectivity index (χ2n) is 4.78. The first-order chi connectivity index (χ1) is 11.2. The predicted molar refractivity (Wildman–Crippen MR) is 104 cm³/mol. The fourth-order valence-electron chi connectivity index (χ4n) is 1.76. The Morgan fingerprint density at radius 2 is 1.75 bits per heavy atom. The van der Waals surface area contributed by atoms with Gasteiger partial charge in [0, 0.05) is 46.0 Å². The quantitative estimate of drug-likeness (QED) is 0.141. The van der Waals surface area contributed by atoms with Crippen molar-refractivity contribution in [1.82, 2.24) is 10.6 Å². The van der Waals surface area contributed by atoms with Gasteiger partial charge in [-0.3, -0.25) is 10.1 Å². The van der Waals surface area contributed by atoms with Gasteiger partial charge in [0.15, 0.2) is 5.96 Å². The Balaban J connectivity index is 0.00000529. The summed E-state index contributed by atoms with van der Waals surface area (Å²) in [6, 6.07) is 6.38. The molecule has 0 radical (unpaired) electrons. The number of halogens is 1. The number of hydrogen-bond donors (Lipinski definition) is 2.